The number of benzene rings is 1. The fourth-order valence-electron chi connectivity index (χ4n) is 2.47. The predicted octanol–water partition coefficient (Wildman–Crippen LogP) is 2.65. The zero-order valence-electron chi connectivity index (χ0n) is 9.88. The Morgan fingerprint density at radius 3 is 2.53 bits per heavy atom. The molecule has 1 aliphatic rings. The van der Waals surface area contributed by atoms with E-state index >= 15 is 0 Å². The van der Waals surface area contributed by atoms with Crippen molar-refractivity contribution in [2.24, 2.45) is 0 Å². The van der Waals surface area contributed by atoms with Gasteiger partial charge in [0.15, 0.2) is 0 Å². The fourth-order valence-corrected chi connectivity index (χ4v) is 2.47. The molecular formula is C13H15FO3. The average Bonchev–Trinajstić information content (AvgIpc) is 2.95. The molecule has 1 aliphatic carbocycles. The number of rotatable bonds is 3. The van der Waals surface area contributed by atoms with Gasteiger partial charge in [0, 0.05) is 11.0 Å². The second-order valence-corrected chi connectivity index (χ2v) is 4.87. The molecule has 0 aromatic heterocycles. The Morgan fingerprint density at radius 1 is 1.47 bits per heavy atom. The van der Waals surface area contributed by atoms with E-state index in [-0.39, 0.29) is 18.0 Å². The summed E-state index contributed by atoms with van der Waals surface area (Å²) in [5, 5.41) is 18.9. The molecule has 0 bridgehead atoms. The van der Waals surface area contributed by atoms with Gasteiger partial charge < -0.3 is 10.2 Å². The number of aryl methyl sites for hydroxylation is 1. The number of halogens is 1. The summed E-state index contributed by atoms with van der Waals surface area (Å²) in [4.78, 5) is 10.8. The topological polar surface area (TPSA) is 57.5 Å². The van der Waals surface area contributed by atoms with Crippen molar-refractivity contribution in [2.75, 3.05) is 0 Å². The summed E-state index contributed by atoms with van der Waals surface area (Å²) >= 11 is 0. The molecule has 0 amide bonds. The zero-order chi connectivity index (χ0) is 12.8. The number of hydrogen-bond donors (Lipinski definition) is 2. The second kappa shape index (κ2) is 3.72. The van der Waals surface area contributed by atoms with E-state index in [0.717, 1.165) is 0 Å². The Hall–Kier alpha value is -1.58. The number of carboxylic acids is 1. The molecule has 0 aliphatic heterocycles. The van der Waals surface area contributed by atoms with E-state index in [1.165, 1.54) is 6.07 Å². The van der Waals surface area contributed by atoms with Gasteiger partial charge in [0.05, 0.1) is 6.42 Å². The molecule has 0 heterocycles. The first-order valence-electron chi connectivity index (χ1n) is 5.58. The predicted molar refractivity (Wildman–Crippen MR) is 60.7 cm³/mol. The molecule has 0 saturated heterocycles. The third-order valence-electron chi connectivity index (χ3n) is 3.56. The molecule has 4 heteroatoms. The average molecular weight is 238 g/mol. The summed E-state index contributed by atoms with van der Waals surface area (Å²) in [5.74, 6) is -1.25. The molecule has 0 spiro atoms. The maximum atomic E-state index is 13.7. The normalized spacial score (nSPS) is 16.9. The Kier molecular flexibility index (Phi) is 2.60. The molecule has 17 heavy (non-hydrogen) atoms. The number of carbonyl (C=O) groups is 1. The van der Waals surface area contributed by atoms with Crippen LogP contribution in [0.25, 0.3) is 0 Å². The van der Waals surface area contributed by atoms with Crippen molar-refractivity contribution >= 4 is 5.97 Å². The molecule has 0 radical (unpaired) electrons. The molecule has 3 nitrogen and oxygen atoms in total. The summed E-state index contributed by atoms with van der Waals surface area (Å²) in [7, 11) is 0. The lowest BCUT2D eigenvalue weighted by atomic mass is 9.86. The quantitative estimate of drug-likeness (QED) is 0.851. The Bertz CT molecular complexity index is 464. The van der Waals surface area contributed by atoms with Crippen LogP contribution >= 0.6 is 0 Å². The van der Waals surface area contributed by atoms with Crippen LogP contribution in [0.4, 0.5) is 4.39 Å². The third kappa shape index (κ3) is 1.88. The van der Waals surface area contributed by atoms with Crippen molar-refractivity contribution in [3.63, 3.8) is 0 Å². The van der Waals surface area contributed by atoms with Crippen molar-refractivity contribution in [1.82, 2.24) is 0 Å². The van der Waals surface area contributed by atoms with Gasteiger partial charge in [-0.3, -0.25) is 4.79 Å². The number of phenolic OH excluding ortho intramolecular Hbond substituents is 1. The summed E-state index contributed by atoms with van der Waals surface area (Å²) < 4.78 is 13.7. The van der Waals surface area contributed by atoms with E-state index in [4.69, 9.17) is 5.11 Å². The van der Waals surface area contributed by atoms with Crippen LogP contribution in [0, 0.1) is 19.7 Å². The number of hydrogen-bond acceptors (Lipinski definition) is 2. The van der Waals surface area contributed by atoms with E-state index < -0.39 is 11.4 Å². The molecule has 92 valence electrons. The van der Waals surface area contributed by atoms with Crippen molar-refractivity contribution in [1.29, 1.82) is 0 Å². The minimum Gasteiger partial charge on any atom is -0.507 e. The third-order valence-corrected chi connectivity index (χ3v) is 3.56. The Morgan fingerprint density at radius 2 is 2.06 bits per heavy atom. The molecule has 1 fully saturated rings. The van der Waals surface area contributed by atoms with Crippen LogP contribution in [0.5, 0.6) is 5.75 Å². The minimum absolute atomic E-state index is 0.0441. The number of carboxylic acid groups (broad SMARTS) is 1. The Balaban J connectivity index is 2.55. The molecule has 1 aromatic carbocycles. The van der Waals surface area contributed by atoms with Gasteiger partial charge in [0.2, 0.25) is 0 Å². The van der Waals surface area contributed by atoms with Crippen molar-refractivity contribution in [3.05, 3.63) is 28.6 Å². The summed E-state index contributed by atoms with van der Waals surface area (Å²) in [6.45, 7) is 3.21. The molecule has 2 rings (SSSR count). The number of aromatic hydroxyl groups is 1. The van der Waals surface area contributed by atoms with E-state index in [1.807, 2.05) is 0 Å². The van der Waals surface area contributed by atoms with Crippen LogP contribution in [-0.4, -0.2) is 16.2 Å². The van der Waals surface area contributed by atoms with Gasteiger partial charge in [0.25, 0.3) is 0 Å². The highest BCUT2D eigenvalue weighted by Gasteiger charge is 2.49. The van der Waals surface area contributed by atoms with E-state index in [9.17, 15) is 14.3 Å². The van der Waals surface area contributed by atoms with Gasteiger partial charge >= 0.3 is 5.97 Å². The molecule has 1 saturated carbocycles. The Labute approximate surface area is 98.9 Å². The first-order chi connectivity index (χ1) is 7.87. The summed E-state index contributed by atoms with van der Waals surface area (Å²) in [6, 6.07) is 1.28. The summed E-state index contributed by atoms with van der Waals surface area (Å²) in [6.07, 6.45) is 1.33. The lowest BCUT2D eigenvalue weighted by molar-refractivity contribution is -0.137. The van der Waals surface area contributed by atoms with Crippen LogP contribution in [0.1, 0.15) is 36.0 Å². The van der Waals surface area contributed by atoms with Gasteiger partial charge in [-0.2, -0.15) is 0 Å². The smallest absolute Gasteiger partial charge is 0.304 e. The largest absolute Gasteiger partial charge is 0.507 e. The van der Waals surface area contributed by atoms with Gasteiger partial charge in [-0.25, -0.2) is 4.39 Å². The second-order valence-electron chi connectivity index (χ2n) is 4.87. The van der Waals surface area contributed by atoms with Crippen LogP contribution in [-0.2, 0) is 10.2 Å². The maximum absolute atomic E-state index is 13.7. The van der Waals surface area contributed by atoms with Crippen LogP contribution < -0.4 is 0 Å². The van der Waals surface area contributed by atoms with Gasteiger partial charge in [-0.1, -0.05) is 0 Å². The lowest BCUT2D eigenvalue weighted by Crippen LogP contribution is -2.15. The summed E-state index contributed by atoms with van der Waals surface area (Å²) in [5.41, 5.74) is 0.747. The monoisotopic (exact) mass is 238 g/mol. The highest BCUT2D eigenvalue weighted by Crippen LogP contribution is 2.55. The molecular weight excluding hydrogens is 223 g/mol. The first kappa shape index (κ1) is 11.9. The van der Waals surface area contributed by atoms with E-state index in [1.54, 1.807) is 13.8 Å². The van der Waals surface area contributed by atoms with Crippen LogP contribution in [0.2, 0.25) is 0 Å². The van der Waals surface area contributed by atoms with Crippen LogP contribution in [0.15, 0.2) is 6.07 Å². The van der Waals surface area contributed by atoms with Crippen molar-refractivity contribution < 1.29 is 19.4 Å². The van der Waals surface area contributed by atoms with Crippen molar-refractivity contribution in [2.45, 2.75) is 38.5 Å². The lowest BCUT2D eigenvalue weighted by Gasteiger charge is -2.19. The SMILES string of the molecule is Cc1cc(F)c(C)c(C2(CC(=O)O)CC2)c1O. The van der Waals surface area contributed by atoms with Crippen LogP contribution in [0.3, 0.4) is 0 Å². The van der Waals surface area contributed by atoms with E-state index in [0.29, 0.717) is 29.5 Å². The fraction of sp³-hybridized carbons (Fsp3) is 0.462. The molecule has 1 aromatic rings. The molecule has 2 N–H and O–H groups in total. The van der Waals surface area contributed by atoms with Gasteiger partial charge in [-0.05, 0) is 43.9 Å². The highest BCUT2D eigenvalue weighted by atomic mass is 19.1. The number of aliphatic carboxylic acids is 1. The standard InChI is InChI=1S/C13H15FO3/c1-7-5-9(14)8(2)11(12(7)17)13(3-4-13)6-10(15)16/h5,17H,3-4,6H2,1-2H3,(H,15,16). The van der Waals surface area contributed by atoms with Gasteiger partial charge in [0.1, 0.15) is 11.6 Å². The highest BCUT2D eigenvalue weighted by molar-refractivity contribution is 5.71. The number of phenols is 1. The molecule has 0 atom stereocenters. The van der Waals surface area contributed by atoms with E-state index in [2.05, 4.69) is 0 Å². The maximum Gasteiger partial charge on any atom is 0.304 e. The molecule has 0 unspecified atom stereocenters. The van der Waals surface area contributed by atoms with Crippen molar-refractivity contribution in [3.8, 4) is 5.75 Å². The first-order valence-corrected chi connectivity index (χ1v) is 5.58. The zero-order valence-corrected chi connectivity index (χ0v) is 9.88. The van der Waals surface area contributed by atoms with Gasteiger partial charge in [-0.15, -0.1) is 0 Å². The minimum atomic E-state index is -0.914.